The Bertz CT molecular complexity index is 568. The van der Waals surface area contributed by atoms with Crippen LogP contribution in [-0.2, 0) is 17.6 Å². The summed E-state index contributed by atoms with van der Waals surface area (Å²) in [4.78, 5) is 14.6. The molecule has 0 aromatic heterocycles. The molecular weight excluding hydrogens is 304 g/mol. The van der Waals surface area contributed by atoms with E-state index in [1.54, 1.807) is 14.2 Å². The van der Waals surface area contributed by atoms with E-state index in [2.05, 4.69) is 17.4 Å². The fourth-order valence-corrected chi connectivity index (χ4v) is 3.74. The van der Waals surface area contributed by atoms with Crippen LogP contribution >= 0.6 is 0 Å². The fourth-order valence-electron chi connectivity index (χ4n) is 3.74. The van der Waals surface area contributed by atoms with Crippen LogP contribution in [0.15, 0.2) is 18.2 Å². The first-order chi connectivity index (χ1) is 11.7. The van der Waals surface area contributed by atoms with Crippen molar-refractivity contribution in [3.05, 3.63) is 29.3 Å². The van der Waals surface area contributed by atoms with Crippen LogP contribution in [0.4, 0.5) is 4.79 Å². The first kappa shape index (κ1) is 17.1. The number of hydrogen-bond donors (Lipinski definition) is 1. The quantitative estimate of drug-likeness (QED) is 0.926. The molecule has 1 aromatic carbocycles. The van der Waals surface area contributed by atoms with E-state index in [0.717, 1.165) is 57.4 Å². The zero-order valence-corrected chi connectivity index (χ0v) is 14.7. The van der Waals surface area contributed by atoms with Gasteiger partial charge in [0.05, 0.1) is 13.2 Å². The van der Waals surface area contributed by atoms with Crippen LogP contribution in [0.25, 0.3) is 0 Å². The third-order valence-corrected chi connectivity index (χ3v) is 5.34. The van der Waals surface area contributed by atoms with Crippen LogP contribution in [-0.4, -0.2) is 50.4 Å². The topological polar surface area (TPSA) is 50.8 Å². The number of carbonyl (C=O) groups is 1. The number of fused-ring (bicyclic) bond motifs is 1. The van der Waals surface area contributed by atoms with Gasteiger partial charge in [-0.1, -0.05) is 6.07 Å². The van der Waals surface area contributed by atoms with Crippen molar-refractivity contribution >= 4 is 6.03 Å². The highest BCUT2D eigenvalue weighted by atomic mass is 16.5. The van der Waals surface area contributed by atoms with Crippen molar-refractivity contribution in [2.75, 3.05) is 27.3 Å². The molecule has 5 nitrogen and oxygen atoms in total. The monoisotopic (exact) mass is 332 g/mol. The molecule has 1 aliphatic heterocycles. The maximum atomic E-state index is 12.6. The maximum absolute atomic E-state index is 12.6. The van der Waals surface area contributed by atoms with Gasteiger partial charge in [-0.15, -0.1) is 0 Å². The van der Waals surface area contributed by atoms with Crippen LogP contribution in [0.2, 0.25) is 0 Å². The molecule has 1 aromatic rings. The third kappa shape index (κ3) is 4.01. The van der Waals surface area contributed by atoms with Crippen molar-refractivity contribution in [1.29, 1.82) is 0 Å². The number of methoxy groups -OCH3 is 2. The van der Waals surface area contributed by atoms with Crippen LogP contribution in [0.3, 0.4) is 0 Å². The van der Waals surface area contributed by atoms with Crippen molar-refractivity contribution in [1.82, 2.24) is 10.2 Å². The molecule has 0 bridgehead atoms. The molecular formula is C19H28N2O3. The number of carbonyl (C=O) groups excluding carboxylic acids is 1. The van der Waals surface area contributed by atoms with Gasteiger partial charge in [0.15, 0.2) is 0 Å². The van der Waals surface area contributed by atoms with Crippen molar-refractivity contribution < 1.29 is 14.3 Å². The molecule has 3 rings (SSSR count). The maximum Gasteiger partial charge on any atom is 0.317 e. The van der Waals surface area contributed by atoms with Gasteiger partial charge < -0.3 is 19.7 Å². The standard InChI is InChI=1S/C19H28N2O3/c1-23-17-7-4-16(5-8-17)20-19(22)21-11-9-14-3-6-18(24-2)13-15(14)10-12-21/h3,6,13,16-17H,4-5,7-12H2,1-2H3,(H,20,22). The van der Waals surface area contributed by atoms with Gasteiger partial charge in [0.25, 0.3) is 0 Å². The number of nitrogens with one attached hydrogen (secondary N) is 1. The van der Waals surface area contributed by atoms with E-state index in [4.69, 9.17) is 9.47 Å². The van der Waals surface area contributed by atoms with E-state index in [1.165, 1.54) is 11.1 Å². The highest BCUT2D eigenvalue weighted by Gasteiger charge is 2.25. The summed E-state index contributed by atoms with van der Waals surface area (Å²) in [6, 6.07) is 6.60. The summed E-state index contributed by atoms with van der Waals surface area (Å²) in [6.07, 6.45) is 6.24. The number of ether oxygens (including phenoxy) is 2. The number of urea groups is 1. The molecule has 0 atom stereocenters. The molecule has 2 amide bonds. The zero-order valence-electron chi connectivity index (χ0n) is 14.7. The Morgan fingerprint density at radius 3 is 2.46 bits per heavy atom. The van der Waals surface area contributed by atoms with Crippen molar-refractivity contribution in [3.63, 3.8) is 0 Å². The Morgan fingerprint density at radius 1 is 1.08 bits per heavy atom. The second-order valence-electron chi connectivity index (χ2n) is 6.78. The molecule has 1 heterocycles. The van der Waals surface area contributed by atoms with Gasteiger partial charge in [-0.2, -0.15) is 0 Å². The van der Waals surface area contributed by atoms with E-state index in [1.807, 2.05) is 11.0 Å². The van der Waals surface area contributed by atoms with Gasteiger partial charge in [-0.3, -0.25) is 0 Å². The molecule has 1 saturated carbocycles. The summed E-state index contributed by atoms with van der Waals surface area (Å²) in [5.74, 6) is 0.890. The number of nitrogens with zero attached hydrogens (tertiary/aromatic N) is 1. The lowest BCUT2D eigenvalue weighted by molar-refractivity contribution is 0.0627. The van der Waals surface area contributed by atoms with Crippen molar-refractivity contribution in [2.45, 2.75) is 50.7 Å². The van der Waals surface area contributed by atoms with Gasteiger partial charge >= 0.3 is 6.03 Å². The molecule has 5 heteroatoms. The summed E-state index contributed by atoms with van der Waals surface area (Å²) >= 11 is 0. The van der Waals surface area contributed by atoms with Crippen LogP contribution in [0.5, 0.6) is 5.75 Å². The van der Waals surface area contributed by atoms with Crippen LogP contribution in [0, 0.1) is 0 Å². The number of hydrogen-bond acceptors (Lipinski definition) is 3. The third-order valence-electron chi connectivity index (χ3n) is 5.34. The zero-order chi connectivity index (χ0) is 16.9. The number of benzene rings is 1. The molecule has 2 aliphatic rings. The first-order valence-corrected chi connectivity index (χ1v) is 8.93. The number of rotatable bonds is 3. The molecule has 0 spiro atoms. The van der Waals surface area contributed by atoms with E-state index in [0.29, 0.717) is 6.10 Å². The van der Waals surface area contributed by atoms with Crippen molar-refractivity contribution in [2.24, 2.45) is 0 Å². The SMILES string of the molecule is COc1ccc2c(c1)CCN(C(=O)NC1CCC(OC)CC1)CC2. The van der Waals surface area contributed by atoms with Gasteiger partial charge in [0.2, 0.25) is 0 Å². The molecule has 0 saturated heterocycles. The summed E-state index contributed by atoms with van der Waals surface area (Å²) in [5, 5.41) is 3.22. The molecule has 1 fully saturated rings. The Hall–Kier alpha value is -1.75. The fraction of sp³-hybridized carbons (Fsp3) is 0.632. The Labute approximate surface area is 144 Å². The largest absolute Gasteiger partial charge is 0.497 e. The Balaban J connectivity index is 1.54. The Morgan fingerprint density at radius 2 is 1.79 bits per heavy atom. The van der Waals surface area contributed by atoms with Crippen LogP contribution < -0.4 is 10.1 Å². The predicted molar refractivity (Wildman–Crippen MR) is 93.6 cm³/mol. The van der Waals surface area contributed by atoms with E-state index < -0.39 is 0 Å². The Kier molecular flexibility index (Phi) is 5.61. The minimum atomic E-state index is 0.0793. The smallest absolute Gasteiger partial charge is 0.317 e. The number of amides is 2. The van der Waals surface area contributed by atoms with Gasteiger partial charge in [-0.25, -0.2) is 4.79 Å². The summed E-state index contributed by atoms with van der Waals surface area (Å²) in [7, 11) is 3.46. The molecule has 132 valence electrons. The summed E-state index contributed by atoms with van der Waals surface area (Å²) in [6.45, 7) is 1.54. The minimum Gasteiger partial charge on any atom is -0.497 e. The van der Waals surface area contributed by atoms with Gasteiger partial charge in [-0.05, 0) is 61.8 Å². The van der Waals surface area contributed by atoms with E-state index in [9.17, 15) is 4.79 Å². The summed E-state index contributed by atoms with van der Waals surface area (Å²) < 4.78 is 10.7. The summed E-state index contributed by atoms with van der Waals surface area (Å²) in [5.41, 5.74) is 2.62. The van der Waals surface area contributed by atoms with Crippen molar-refractivity contribution in [3.8, 4) is 5.75 Å². The molecule has 24 heavy (non-hydrogen) atoms. The molecule has 1 aliphatic carbocycles. The minimum absolute atomic E-state index is 0.0793. The molecule has 1 N–H and O–H groups in total. The van der Waals surface area contributed by atoms with E-state index >= 15 is 0 Å². The molecule has 0 radical (unpaired) electrons. The molecule has 0 unspecified atom stereocenters. The highest BCUT2D eigenvalue weighted by Crippen LogP contribution is 2.23. The van der Waals surface area contributed by atoms with E-state index in [-0.39, 0.29) is 12.1 Å². The predicted octanol–water partition coefficient (Wildman–Crippen LogP) is 2.76. The van der Waals surface area contributed by atoms with Gasteiger partial charge in [0.1, 0.15) is 5.75 Å². The first-order valence-electron chi connectivity index (χ1n) is 8.93. The van der Waals surface area contributed by atoms with Gasteiger partial charge in [0, 0.05) is 26.2 Å². The normalized spacial score (nSPS) is 24.0. The second-order valence-corrected chi connectivity index (χ2v) is 6.78. The lowest BCUT2D eigenvalue weighted by atomic mass is 9.93. The second kappa shape index (κ2) is 7.88. The average Bonchev–Trinajstić information content (AvgIpc) is 2.84. The lowest BCUT2D eigenvalue weighted by Crippen LogP contribution is -2.47. The van der Waals surface area contributed by atoms with Crippen LogP contribution in [0.1, 0.15) is 36.8 Å². The highest BCUT2D eigenvalue weighted by molar-refractivity contribution is 5.74. The average molecular weight is 332 g/mol. The lowest BCUT2D eigenvalue weighted by Gasteiger charge is -2.30.